The number of methoxy groups -OCH3 is 2. The molecule has 0 bridgehead atoms. The van der Waals surface area contributed by atoms with Crippen molar-refractivity contribution in [1.29, 1.82) is 0 Å². The van der Waals surface area contributed by atoms with E-state index in [1.807, 2.05) is 69.3 Å². The molecule has 35 nitrogen and oxygen atoms in total. The first-order valence-corrected chi connectivity index (χ1v) is 41.6. The number of amides is 12. The van der Waals surface area contributed by atoms with Gasteiger partial charge in [-0.2, -0.15) is 0 Å². The van der Waals surface area contributed by atoms with Gasteiger partial charge in [-0.05, 0) is 130 Å². The predicted octanol–water partition coefficient (Wildman–Crippen LogP) is 4.88. The van der Waals surface area contributed by atoms with E-state index in [-0.39, 0.29) is 128 Å². The van der Waals surface area contributed by atoms with Crippen LogP contribution in [0.1, 0.15) is 201 Å². The van der Waals surface area contributed by atoms with E-state index in [0.29, 0.717) is 90.2 Å². The Morgan fingerprint density at radius 1 is 0.467 bits per heavy atom. The van der Waals surface area contributed by atoms with Crippen molar-refractivity contribution in [2.45, 2.75) is 238 Å². The number of carbonyl (C=O) groups excluding carboxylic acids is 14. The van der Waals surface area contributed by atoms with Gasteiger partial charge in [0.25, 0.3) is 11.8 Å². The van der Waals surface area contributed by atoms with Gasteiger partial charge in [0.15, 0.2) is 0 Å². The molecule has 1 unspecified atom stereocenters. The van der Waals surface area contributed by atoms with Gasteiger partial charge in [0.05, 0.1) is 68.3 Å². The van der Waals surface area contributed by atoms with Crippen LogP contribution in [-0.4, -0.2) is 231 Å². The smallest absolute Gasteiger partial charge is 0.308 e. The SMILES string of the molecule is CCC[C@@H](N)C(=O)N[C@@H](CCC)C(=O)NC(CCC(=O)N[C@@H](CCC)C(=O)N[C@@H](CCC)C(=O)NCCCN1Cc2cc(C(=O)N(C)Cc3nc4ccccc4[nH]3)ccc2N[C@H](CC(=O)OC)C1=O)C(=O)N[C@@H](CCC)C(=O)N[C@@H](CCC)C(=O)NCCCN1Cc2cc(C(=O)N(C)Cc3nc4ccccc4[nH]3)ccc2N[C@@H](CC(=O)OC)C1=O. The maximum atomic E-state index is 14.7. The maximum Gasteiger partial charge on any atom is 0.308 e. The van der Waals surface area contributed by atoms with Crippen LogP contribution in [0.3, 0.4) is 0 Å². The number of nitrogens with one attached hydrogen (secondary N) is 12. The van der Waals surface area contributed by atoms with Crippen LogP contribution in [0, 0.1) is 0 Å². The van der Waals surface area contributed by atoms with Crippen LogP contribution in [0.15, 0.2) is 84.9 Å². The van der Waals surface area contributed by atoms with Gasteiger partial charge in [-0.3, -0.25) is 67.1 Å². The zero-order valence-corrected chi connectivity index (χ0v) is 70.5. The topological polar surface area (TPSA) is 474 Å². The quantitative estimate of drug-likeness (QED) is 0.0179. The average molecular weight is 1660 g/mol. The molecular formula is C85H119N19O16. The third kappa shape index (κ3) is 26.7. The number of benzene rings is 4. The first kappa shape index (κ1) is 93.5. The summed E-state index contributed by atoms with van der Waals surface area (Å²) in [4.78, 5) is 217. The van der Waals surface area contributed by atoms with E-state index in [1.165, 1.54) is 33.8 Å². The molecule has 0 saturated carbocycles. The molecule has 2 aliphatic heterocycles. The monoisotopic (exact) mass is 1660 g/mol. The molecule has 9 atom stereocenters. The molecule has 35 heteroatoms. The number of hydrogen-bond acceptors (Lipinski definition) is 21. The number of carbonyl (C=O) groups is 14. The van der Waals surface area contributed by atoms with Crippen LogP contribution in [-0.2, 0) is 93.2 Å². The van der Waals surface area contributed by atoms with Crippen LogP contribution in [0.25, 0.3) is 22.1 Å². The molecule has 0 radical (unpaired) electrons. The Morgan fingerprint density at radius 3 is 1.18 bits per heavy atom. The minimum atomic E-state index is -1.52. The summed E-state index contributed by atoms with van der Waals surface area (Å²) in [6.45, 7) is 11.6. The zero-order valence-electron chi connectivity index (χ0n) is 70.5. The van der Waals surface area contributed by atoms with Gasteiger partial charge in [-0.25, -0.2) is 9.97 Å². The van der Waals surface area contributed by atoms with Gasteiger partial charge in [-0.15, -0.1) is 0 Å². The van der Waals surface area contributed by atoms with Crippen molar-refractivity contribution >= 4 is 116 Å². The molecule has 120 heavy (non-hydrogen) atoms. The number of anilines is 2. The van der Waals surface area contributed by atoms with Gasteiger partial charge in [-0.1, -0.05) is 104 Å². The number of para-hydroxylation sites is 4. The molecule has 0 aliphatic carbocycles. The lowest BCUT2D eigenvalue weighted by atomic mass is 10.0. The summed E-state index contributed by atoms with van der Waals surface area (Å²) in [6.07, 6.45) is 2.73. The number of imidazole rings is 2. The highest BCUT2D eigenvalue weighted by Gasteiger charge is 2.37. The lowest BCUT2D eigenvalue weighted by molar-refractivity contribution is -0.144. The van der Waals surface area contributed by atoms with Crippen LogP contribution >= 0.6 is 0 Å². The second kappa shape index (κ2) is 46.4. The molecule has 4 aromatic carbocycles. The van der Waals surface area contributed by atoms with Crippen molar-refractivity contribution in [2.24, 2.45) is 5.73 Å². The minimum absolute atomic E-state index is 0.0353. The first-order chi connectivity index (χ1) is 57.6. The number of hydrogen-bond donors (Lipinski definition) is 13. The van der Waals surface area contributed by atoms with Crippen molar-refractivity contribution in [1.82, 2.24) is 82.1 Å². The Balaban J connectivity index is 0.883. The summed E-state index contributed by atoms with van der Waals surface area (Å²) in [5, 5.41) is 28.6. The third-order valence-electron chi connectivity index (χ3n) is 21.0. The van der Waals surface area contributed by atoms with Crippen LogP contribution in [0.4, 0.5) is 11.4 Å². The summed E-state index contributed by atoms with van der Waals surface area (Å²) in [6, 6.07) is 14.8. The van der Waals surface area contributed by atoms with Gasteiger partial charge in [0, 0.05) is 82.3 Å². The second-order valence-electron chi connectivity index (χ2n) is 30.5. The number of fused-ring (bicyclic) bond motifs is 4. The molecular weight excluding hydrogens is 1540 g/mol. The lowest BCUT2D eigenvalue weighted by Crippen LogP contribution is -2.59. The summed E-state index contributed by atoms with van der Waals surface area (Å²) in [5.41, 5.74) is 12.3. The Labute approximate surface area is 699 Å². The Bertz CT molecular complexity index is 4520. The van der Waals surface area contributed by atoms with Gasteiger partial charge < -0.3 is 97.9 Å². The maximum absolute atomic E-state index is 14.7. The summed E-state index contributed by atoms with van der Waals surface area (Å²) < 4.78 is 9.87. The number of ether oxygens (including phenoxy) is 2. The van der Waals surface area contributed by atoms with Gasteiger partial charge in [0.1, 0.15) is 60.0 Å². The van der Waals surface area contributed by atoms with Crippen LogP contribution in [0.5, 0.6) is 0 Å². The van der Waals surface area contributed by atoms with E-state index in [9.17, 15) is 67.1 Å². The third-order valence-corrected chi connectivity index (χ3v) is 21.0. The number of esters is 2. The molecule has 8 rings (SSSR count). The van der Waals surface area contributed by atoms with E-state index in [2.05, 4.69) is 73.1 Å². The van der Waals surface area contributed by atoms with Crippen LogP contribution < -0.4 is 58.9 Å². The fraction of sp³-hybridized carbons (Fsp3) is 0.529. The van der Waals surface area contributed by atoms with E-state index in [0.717, 1.165) is 22.1 Å². The fourth-order valence-electron chi connectivity index (χ4n) is 14.5. The number of aromatic nitrogens is 4. The molecule has 4 heterocycles. The summed E-state index contributed by atoms with van der Waals surface area (Å²) in [7, 11) is 5.76. The standard InChI is InChI=1S/C85H119N19O16/c1-11-23-55(86)75(108)96-65(27-15-5)79(112)100-67(81(114)99-66(28-16-6)80(113)98-63(25-13-3)77(110)88-40-22-42-104-48-54-44-52(34-36-57(54)90-69(85(104)118)46-74(107)120-10)83(116)102(8)50-71-93-60-31-19-20-32-61(60)94-71)37-38-72(105)95-64(26-14-4)78(111)97-62(24-12-2)76(109)87-39-21-41-103-47-53-43-51(33-35-56(53)89-68(84(103)117)45-73(106)119-9)82(115)101(7)49-70-91-58-29-17-18-30-59(58)92-70/h17-20,29-36,43-44,55,62-69,89-90H,11-16,21-28,37-42,45-50,86H2,1-10H3,(H,87,109)(H,88,110)(H,91,92)(H,93,94)(H,95,105)(H,96,108)(H,97,111)(H,98,113)(H,99,114)(H,100,112)/t55-,62+,63+,64+,65+,66+,67?,68-,69+/m1/s1. The first-order valence-electron chi connectivity index (χ1n) is 41.6. The number of nitrogens with two attached hydrogens (primary N) is 1. The highest BCUT2D eigenvalue weighted by molar-refractivity contribution is 5.99. The highest BCUT2D eigenvalue weighted by atomic mass is 16.5. The molecule has 2 aliphatic rings. The summed E-state index contributed by atoms with van der Waals surface area (Å²) in [5.74, 6) is -6.93. The molecule has 0 fully saturated rings. The molecule has 6 aromatic rings. The number of nitrogens with zero attached hydrogens (tertiary/aromatic N) is 6. The Kier molecular flexibility index (Phi) is 36.1. The molecule has 2 aromatic heterocycles. The molecule has 0 spiro atoms. The van der Waals surface area contributed by atoms with Crippen molar-refractivity contribution in [3.05, 3.63) is 119 Å². The second-order valence-corrected chi connectivity index (χ2v) is 30.5. The lowest BCUT2D eigenvalue weighted by Gasteiger charge is -2.27. The van der Waals surface area contributed by atoms with Gasteiger partial charge in [0.2, 0.25) is 59.1 Å². The van der Waals surface area contributed by atoms with Gasteiger partial charge >= 0.3 is 11.9 Å². The fourth-order valence-corrected chi connectivity index (χ4v) is 14.5. The van der Waals surface area contributed by atoms with Crippen molar-refractivity contribution in [3.8, 4) is 0 Å². The zero-order chi connectivity index (χ0) is 87.1. The van der Waals surface area contributed by atoms with Crippen LogP contribution in [0.2, 0.25) is 0 Å². The molecule has 650 valence electrons. The van der Waals surface area contributed by atoms with E-state index < -0.39 is 132 Å². The normalized spacial score (nSPS) is 15.5. The van der Waals surface area contributed by atoms with Crippen molar-refractivity contribution < 1.29 is 76.6 Å². The molecule has 0 saturated heterocycles. The van der Waals surface area contributed by atoms with Crippen molar-refractivity contribution in [3.63, 3.8) is 0 Å². The molecule has 14 N–H and O–H groups in total. The average Bonchev–Trinajstić information content (AvgIpc) is 1.66. The Hall–Kier alpha value is -12.0. The largest absolute Gasteiger partial charge is 0.469 e. The minimum Gasteiger partial charge on any atom is -0.469 e. The number of rotatable bonds is 46. The predicted molar refractivity (Wildman–Crippen MR) is 449 cm³/mol. The number of H-pyrrole nitrogens is 2. The number of aromatic amines is 2. The summed E-state index contributed by atoms with van der Waals surface area (Å²) >= 11 is 0. The molecule has 12 amide bonds. The van der Waals surface area contributed by atoms with E-state index >= 15 is 0 Å². The van der Waals surface area contributed by atoms with E-state index in [1.54, 1.807) is 71.3 Å². The highest BCUT2D eigenvalue weighted by Crippen LogP contribution is 2.30. The Morgan fingerprint density at radius 2 is 0.817 bits per heavy atom. The van der Waals surface area contributed by atoms with Crippen molar-refractivity contribution in [2.75, 3.05) is 65.1 Å². The van der Waals surface area contributed by atoms with E-state index in [4.69, 9.17) is 15.2 Å².